The van der Waals surface area contributed by atoms with Crippen LogP contribution in [0.4, 0.5) is 0 Å². The number of aromatic nitrogens is 1. The van der Waals surface area contributed by atoms with Gasteiger partial charge in [-0.25, -0.2) is 5.01 Å². The van der Waals surface area contributed by atoms with E-state index in [0.717, 1.165) is 17.8 Å². The second-order valence-electron chi connectivity index (χ2n) is 3.15. The topological polar surface area (TPSA) is 45.6 Å². The molecule has 1 amide bonds. The van der Waals surface area contributed by atoms with Crippen LogP contribution >= 0.6 is 0 Å². The van der Waals surface area contributed by atoms with Gasteiger partial charge in [-0.05, 0) is 12.1 Å². The first-order chi connectivity index (χ1) is 6.77. The molecule has 0 unspecified atom stereocenters. The van der Waals surface area contributed by atoms with Gasteiger partial charge in [-0.3, -0.25) is 9.78 Å². The van der Waals surface area contributed by atoms with Crippen molar-refractivity contribution in [1.29, 1.82) is 0 Å². The molecule has 0 bridgehead atoms. The standard InChI is InChI=1S/C10H11N3O/c1-8(14)13-7-5-10(12-13)9-4-2-3-6-11-9/h2-4,6H,5,7H2,1H3. The van der Waals surface area contributed by atoms with Gasteiger partial charge in [0.05, 0.1) is 18.0 Å². The molecule has 0 aromatic carbocycles. The van der Waals surface area contributed by atoms with Crippen molar-refractivity contribution in [2.75, 3.05) is 6.54 Å². The lowest BCUT2D eigenvalue weighted by atomic mass is 10.2. The highest BCUT2D eigenvalue weighted by atomic mass is 16.2. The molecule has 1 aromatic rings. The molecular weight excluding hydrogens is 178 g/mol. The Kier molecular flexibility index (Phi) is 2.26. The molecule has 0 atom stereocenters. The fourth-order valence-electron chi connectivity index (χ4n) is 1.40. The quantitative estimate of drug-likeness (QED) is 0.662. The molecule has 0 spiro atoms. The van der Waals surface area contributed by atoms with Gasteiger partial charge in [0.25, 0.3) is 0 Å². The second-order valence-corrected chi connectivity index (χ2v) is 3.15. The van der Waals surface area contributed by atoms with Crippen molar-refractivity contribution in [2.45, 2.75) is 13.3 Å². The highest BCUT2D eigenvalue weighted by molar-refractivity contribution is 6.00. The zero-order valence-corrected chi connectivity index (χ0v) is 7.97. The fraction of sp³-hybridized carbons (Fsp3) is 0.300. The summed E-state index contributed by atoms with van der Waals surface area (Å²) < 4.78 is 0. The highest BCUT2D eigenvalue weighted by Crippen LogP contribution is 2.11. The van der Waals surface area contributed by atoms with Crippen molar-refractivity contribution < 1.29 is 4.79 Å². The fourth-order valence-corrected chi connectivity index (χ4v) is 1.40. The Balaban J connectivity index is 2.22. The first-order valence-electron chi connectivity index (χ1n) is 4.54. The van der Waals surface area contributed by atoms with Crippen molar-refractivity contribution in [3.8, 4) is 0 Å². The van der Waals surface area contributed by atoms with E-state index in [-0.39, 0.29) is 5.91 Å². The normalized spacial score (nSPS) is 15.5. The number of hydrogen-bond acceptors (Lipinski definition) is 3. The summed E-state index contributed by atoms with van der Waals surface area (Å²) in [5, 5.41) is 5.67. The van der Waals surface area contributed by atoms with Gasteiger partial charge in [-0.2, -0.15) is 5.10 Å². The lowest BCUT2D eigenvalue weighted by molar-refractivity contribution is -0.128. The molecule has 1 aromatic heterocycles. The van der Waals surface area contributed by atoms with E-state index >= 15 is 0 Å². The van der Waals surface area contributed by atoms with Crippen LogP contribution in [-0.4, -0.2) is 28.2 Å². The van der Waals surface area contributed by atoms with Crippen LogP contribution in [0.25, 0.3) is 0 Å². The predicted octanol–water partition coefficient (Wildman–Crippen LogP) is 1.04. The zero-order chi connectivity index (χ0) is 9.97. The van der Waals surface area contributed by atoms with E-state index in [1.54, 1.807) is 6.20 Å². The monoisotopic (exact) mass is 189 g/mol. The van der Waals surface area contributed by atoms with Crippen molar-refractivity contribution in [3.63, 3.8) is 0 Å². The summed E-state index contributed by atoms with van der Waals surface area (Å²) in [4.78, 5) is 15.2. The minimum atomic E-state index is -0.0177. The van der Waals surface area contributed by atoms with E-state index in [1.165, 1.54) is 11.9 Å². The van der Waals surface area contributed by atoms with Crippen LogP contribution in [-0.2, 0) is 4.79 Å². The third-order valence-corrected chi connectivity index (χ3v) is 2.13. The molecule has 2 heterocycles. The predicted molar refractivity (Wildman–Crippen MR) is 52.8 cm³/mol. The molecule has 2 rings (SSSR count). The zero-order valence-electron chi connectivity index (χ0n) is 7.97. The van der Waals surface area contributed by atoms with Crippen LogP contribution < -0.4 is 0 Å². The minimum absolute atomic E-state index is 0.0177. The highest BCUT2D eigenvalue weighted by Gasteiger charge is 2.18. The number of carbonyl (C=O) groups is 1. The first-order valence-corrected chi connectivity index (χ1v) is 4.54. The summed E-state index contributed by atoms with van der Waals surface area (Å²) in [5.41, 5.74) is 1.75. The molecule has 4 heteroatoms. The Morgan fingerprint density at radius 2 is 2.36 bits per heavy atom. The minimum Gasteiger partial charge on any atom is -0.273 e. The molecule has 1 aliphatic heterocycles. The number of amides is 1. The third-order valence-electron chi connectivity index (χ3n) is 2.13. The number of rotatable bonds is 1. The summed E-state index contributed by atoms with van der Waals surface area (Å²) in [5.74, 6) is -0.0177. The number of nitrogens with zero attached hydrogens (tertiary/aromatic N) is 3. The Morgan fingerprint density at radius 3 is 2.93 bits per heavy atom. The summed E-state index contributed by atoms with van der Waals surface area (Å²) in [6, 6.07) is 5.69. The molecule has 0 saturated heterocycles. The smallest absolute Gasteiger partial charge is 0.239 e. The van der Waals surface area contributed by atoms with E-state index in [0.29, 0.717) is 6.54 Å². The lowest BCUT2D eigenvalue weighted by Crippen LogP contribution is -2.19. The van der Waals surface area contributed by atoms with Gasteiger partial charge in [0.15, 0.2) is 0 Å². The Labute approximate surface area is 82.3 Å². The molecule has 0 radical (unpaired) electrons. The molecule has 0 aliphatic carbocycles. The van der Waals surface area contributed by atoms with E-state index in [1.807, 2.05) is 18.2 Å². The number of hydrazone groups is 1. The van der Waals surface area contributed by atoms with Gasteiger partial charge in [-0.15, -0.1) is 0 Å². The second kappa shape index (κ2) is 3.57. The van der Waals surface area contributed by atoms with Crippen LogP contribution in [0.15, 0.2) is 29.5 Å². The van der Waals surface area contributed by atoms with Gasteiger partial charge in [0.1, 0.15) is 0 Å². The Morgan fingerprint density at radius 1 is 1.50 bits per heavy atom. The molecule has 0 N–H and O–H groups in total. The Hall–Kier alpha value is -1.71. The van der Waals surface area contributed by atoms with E-state index in [2.05, 4.69) is 10.1 Å². The SMILES string of the molecule is CC(=O)N1CCC(c2ccccn2)=N1. The number of carbonyl (C=O) groups excluding carboxylic acids is 1. The Bertz CT molecular complexity index is 372. The van der Waals surface area contributed by atoms with Crippen LogP contribution in [0.5, 0.6) is 0 Å². The van der Waals surface area contributed by atoms with Crippen LogP contribution in [0.1, 0.15) is 19.0 Å². The van der Waals surface area contributed by atoms with Crippen LogP contribution in [0.2, 0.25) is 0 Å². The summed E-state index contributed by atoms with van der Waals surface area (Å²) in [6.07, 6.45) is 2.52. The first kappa shape index (κ1) is 8.87. The summed E-state index contributed by atoms with van der Waals surface area (Å²) >= 11 is 0. The van der Waals surface area contributed by atoms with Gasteiger partial charge in [0, 0.05) is 19.5 Å². The van der Waals surface area contributed by atoms with E-state index in [9.17, 15) is 4.79 Å². The van der Waals surface area contributed by atoms with Crippen molar-refractivity contribution in [1.82, 2.24) is 9.99 Å². The maximum Gasteiger partial charge on any atom is 0.239 e. The number of hydrogen-bond donors (Lipinski definition) is 0. The van der Waals surface area contributed by atoms with Gasteiger partial charge in [-0.1, -0.05) is 6.07 Å². The van der Waals surface area contributed by atoms with Gasteiger partial charge in [0.2, 0.25) is 5.91 Å². The van der Waals surface area contributed by atoms with E-state index in [4.69, 9.17) is 0 Å². The van der Waals surface area contributed by atoms with Gasteiger partial charge >= 0.3 is 0 Å². The molecule has 1 aliphatic rings. The van der Waals surface area contributed by atoms with Crippen molar-refractivity contribution in [3.05, 3.63) is 30.1 Å². The van der Waals surface area contributed by atoms with Crippen LogP contribution in [0, 0.1) is 0 Å². The molecule has 0 saturated carbocycles. The molecule has 4 nitrogen and oxygen atoms in total. The maximum atomic E-state index is 11.0. The number of pyridine rings is 1. The third kappa shape index (κ3) is 1.64. The van der Waals surface area contributed by atoms with Crippen molar-refractivity contribution >= 4 is 11.6 Å². The summed E-state index contributed by atoms with van der Waals surface area (Å²) in [6.45, 7) is 2.19. The molecule has 72 valence electrons. The maximum absolute atomic E-state index is 11.0. The largest absolute Gasteiger partial charge is 0.273 e. The lowest BCUT2D eigenvalue weighted by Gasteiger charge is -2.05. The molecule has 0 fully saturated rings. The average Bonchev–Trinajstić information content (AvgIpc) is 2.68. The molecular formula is C10H11N3O. The van der Waals surface area contributed by atoms with E-state index < -0.39 is 0 Å². The van der Waals surface area contributed by atoms with Crippen LogP contribution in [0.3, 0.4) is 0 Å². The summed E-state index contributed by atoms with van der Waals surface area (Å²) in [7, 11) is 0. The van der Waals surface area contributed by atoms with Crippen molar-refractivity contribution in [2.24, 2.45) is 5.10 Å². The molecule has 14 heavy (non-hydrogen) atoms. The average molecular weight is 189 g/mol. The van der Waals surface area contributed by atoms with Gasteiger partial charge < -0.3 is 0 Å².